The molecule has 0 fully saturated rings. The van der Waals surface area contributed by atoms with Crippen LogP contribution in [-0.2, 0) is 19.1 Å². The second kappa shape index (κ2) is 7.52. The van der Waals surface area contributed by atoms with Crippen molar-refractivity contribution < 1.29 is 19.1 Å². The molecule has 0 atom stereocenters. The zero-order valence-electron chi connectivity index (χ0n) is 12.4. The molecule has 0 aliphatic carbocycles. The fourth-order valence-corrected chi connectivity index (χ4v) is 2.66. The number of hydrogen-bond donors (Lipinski definition) is 1. The summed E-state index contributed by atoms with van der Waals surface area (Å²) in [6, 6.07) is 5.41. The molecule has 7 heteroatoms. The van der Waals surface area contributed by atoms with Crippen LogP contribution in [0.15, 0.2) is 63.3 Å². The van der Waals surface area contributed by atoms with Crippen molar-refractivity contribution in [1.29, 1.82) is 0 Å². The lowest BCUT2D eigenvalue weighted by molar-refractivity contribution is -0.139. The molecule has 0 aromatic heterocycles. The molecule has 5 nitrogen and oxygen atoms in total. The van der Waals surface area contributed by atoms with E-state index in [1.54, 1.807) is 35.4 Å². The van der Waals surface area contributed by atoms with Crippen LogP contribution in [0.1, 0.15) is 0 Å². The number of thiol groups is 1. The minimum atomic E-state index is -0.658. The van der Waals surface area contributed by atoms with Gasteiger partial charge in [0.1, 0.15) is 5.70 Å². The Balaban J connectivity index is 2.71. The van der Waals surface area contributed by atoms with Crippen molar-refractivity contribution in [2.75, 3.05) is 19.1 Å². The molecule has 1 aliphatic heterocycles. The number of ether oxygens (including phenoxy) is 2. The Morgan fingerprint density at radius 2 is 1.83 bits per heavy atom. The van der Waals surface area contributed by atoms with Gasteiger partial charge in [0.15, 0.2) is 0 Å². The molecule has 0 spiro atoms. The molecule has 1 heterocycles. The molecule has 0 radical (unpaired) electrons. The Bertz CT molecular complexity index is 740. The monoisotopic (exact) mass is 395 g/mol. The van der Waals surface area contributed by atoms with Crippen molar-refractivity contribution in [3.63, 3.8) is 0 Å². The van der Waals surface area contributed by atoms with Crippen LogP contribution in [0.3, 0.4) is 0 Å². The van der Waals surface area contributed by atoms with Gasteiger partial charge in [0.25, 0.3) is 0 Å². The van der Waals surface area contributed by atoms with Crippen LogP contribution in [0.25, 0.3) is 0 Å². The van der Waals surface area contributed by atoms with Crippen molar-refractivity contribution in [3.8, 4) is 0 Å². The molecule has 23 heavy (non-hydrogen) atoms. The first-order valence-electron chi connectivity index (χ1n) is 6.53. The van der Waals surface area contributed by atoms with Crippen LogP contribution in [0.5, 0.6) is 0 Å². The maximum absolute atomic E-state index is 12.3. The summed E-state index contributed by atoms with van der Waals surface area (Å²) in [4.78, 5) is 26.5. The van der Waals surface area contributed by atoms with Gasteiger partial charge >= 0.3 is 11.9 Å². The van der Waals surface area contributed by atoms with Crippen LogP contribution in [0.4, 0.5) is 5.69 Å². The summed E-state index contributed by atoms with van der Waals surface area (Å²) in [5.41, 5.74) is 0.763. The second-order valence-electron chi connectivity index (χ2n) is 4.42. The fraction of sp³-hybridized carbons (Fsp3) is 0.125. The van der Waals surface area contributed by atoms with Crippen molar-refractivity contribution in [2.24, 2.45) is 0 Å². The van der Waals surface area contributed by atoms with E-state index in [1.165, 1.54) is 20.3 Å². The van der Waals surface area contributed by atoms with Gasteiger partial charge in [-0.3, -0.25) is 0 Å². The van der Waals surface area contributed by atoms with Gasteiger partial charge < -0.3 is 14.4 Å². The highest BCUT2D eigenvalue weighted by molar-refractivity contribution is 9.10. The molecule has 1 aromatic rings. The van der Waals surface area contributed by atoms with Crippen molar-refractivity contribution in [1.82, 2.24) is 0 Å². The van der Waals surface area contributed by atoms with Gasteiger partial charge in [-0.2, -0.15) is 0 Å². The summed E-state index contributed by atoms with van der Waals surface area (Å²) in [5, 5.41) is 0. The van der Waals surface area contributed by atoms with Gasteiger partial charge in [-0.1, -0.05) is 12.1 Å². The van der Waals surface area contributed by atoms with E-state index in [0.717, 1.165) is 4.47 Å². The standard InChI is InChI=1S/C16H14BrNO4S/c1-21-15(19)10-6-3-4-9-18(13(10)16(20)22-2)12-8-5-7-11(17)14(12)23/h3-9,23H,1-2H3. The number of hydrogen-bond acceptors (Lipinski definition) is 6. The SMILES string of the molecule is COC(=O)C1=C(C(=O)OC)N(c2cccc(Br)c2S)C=CC=C1. The Morgan fingerprint density at radius 1 is 1.13 bits per heavy atom. The molecule has 1 aromatic carbocycles. The van der Waals surface area contributed by atoms with Crippen LogP contribution in [-0.4, -0.2) is 26.2 Å². The highest BCUT2D eigenvalue weighted by Gasteiger charge is 2.28. The van der Waals surface area contributed by atoms with E-state index in [1.807, 2.05) is 6.07 Å². The smallest absolute Gasteiger partial charge is 0.355 e. The van der Waals surface area contributed by atoms with Crippen LogP contribution in [0.2, 0.25) is 0 Å². The lowest BCUT2D eigenvalue weighted by atomic mass is 10.1. The van der Waals surface area contributed by atoms with Gasteiger partial charge in [-0.15, -0.1) is 12.6 Å². The molecule has 0 amide bonds. The highest BCUT2D eigenvalue weighted by Crippen LogP contribution is 2.35. The molecule has 2 rings (SSSR count). The largest absolute Gasteiger partial charge is 0.465 e. The van der Waals surface area contributed by atoms with E-state index < -0.39 is 11.9 Å². The molecule has 0 bridgehead atoms. The van der Waals surface area contributed by atoms with Crippen molar-refractivity contribution in [3.05, 3.63) is 58.4 Å². The van der Waals surface area contributed by atoms with Gasteiger partial charge in [-0.05, 0) is 40.2 Å². The Morgan fingerprint density at radius 3 is 2.48 bits per heavy atom. The lowest BCUT2D eigenvalue weighted by Gasteiger charge is -2.24. The second-order valence-corrected chi connectivity index (χ2v) is 5.73. The number of carbonyl (C=O) groups is 2. The molecule has 0 N–H and O–H groups in total. The van der Waals surface area contributed by atoms with E-state index >= 15 is 0 Å². The van der Waals surface area contributed by atoms with E-state index in [0.29, 0.717) is 10.6 Å². The number of halogens is 1. The minimum absolute atomic E-state index is 0.0535. The number of benzene rings is 1. The summed E-state index contributed by atoms with van der Waals surface area (Å²) < 4.78 is 10.4. The number of rotatable bonds is 3. The third-order valence-corrected chi connectivity index (χ3v) is 4.55. The Kier molecular flexibility index (Phi) is 5.68. The topological polar surface area (TPSA) is 55.8 Å². The number of anilines is 1. The molecule has 0 saturated heterocycles. The summed E-state index contributed by atoms with van der Waals surface area (Å²) in [6.07, 6.45) is 6.50. The first-order chi connectivity index (χ1) is 11.0. The number of methoxy groups -OCH3 is 2. The van der Waals surface area contributed by atoms with Crippen LogP contribution in [0, 0.1) is 0 Å². The van der Waals surface area contributed by atoms with Crippen LogP contribution < -0.4 is 4.90 Å². The van der Waals surface area contributed by atoms with Crippen LogP contribution >= 0.6 is 28.6 Å². The van der Waals surface area contributed by atoms with Gasteiger partial charge in [-0.25, -0.2) is 9.59 Å². The normalized spacial score (nSPS) is 13.8. The maximum atomic E-state index is 12.3. The summed E-state index contributed by atoms with van der Waals surface area (Å²) in [5.74, 6) is -1.29. The molecule has 0 saturated carbocycles. The molecular formula is C16H14BrNO4S. The predicted octanol–water partition coefficient (Wildman–Crippen LogP) is 3.23. The summed E-state index contributed by atoms with van der Waals surface area (Å²) >= 11 is 7.86. The number of allylic oxidation sites excluding steroid dienone is 2. The zero-order valence-corrected chi connectivity index (χ0v) is 14.9. The average molecular weight is 396 g/mol. The Labute approximate surface area is 147 Å². The third-order valence-electron chi connectivity index (χ3n) is 3.11. The van der Waals surface area contributed by atoms with Crippen molar-refractivity contribution in [2.45, 2.75) is 4.90 Å². The van der Waals surface area contributed by atoms with E-state index in [4.69, 9.17) is 9.47 Å². The predicted molar refractivity (Wildman–Crippen MR) is 93.2 cm³/mol. The van der Waals surface area contributed by atoms with E-state index in [2.05, 4.69) is 28.6 Å². The van der Waals surface area contributed by atoms with E-state index in [-0.39, 0.29) is 11.3 Å². The molecular weight excluding hydrogens is 382 g/mol. The summed E-state index contributed by atoms with van der Waals surface area (Å²) in [7, 11) is 2.51. The highest BCUT2D eigenvalue weighted by atomic mass is 79.9. The quantitative estimate of drug-likeness (QED) is 0.628. The maximum Gasteiger partial charge on any atom is 0.355 e. The minimum Gasteiger partial charge on any atom is -0.465 e. The van der Waals surface area contributed by atoms with Gasteiger partial charge in [0.05, 0.1) is 25.5 Å². The van der Waals surface area contributed by atoms with Gasteiger partial charge in [0.2, 0.25) is 0 Å². The third kappa shape index (κ3) is 3.51. The van der Waals surface area contributed by atoms with Crippen molar-refractivity contribution >= 4 is 46.2 Å². The number of esters is 2. The fourth-order valence-electron chi connectivity index (χ4n) is 2.05. The van der Waals surface area contributed by atoms with Gasteiger partial charge in [0, 0.05) is 15.6 Å². The lowest BCUT2D eigenvalue weighted by Crippen LogP contribution is -2.27. The molecule has 0 unspecified atom stereocenters. The summed E-state index contributed by atoms with van der Waals surface area (Å²) in [6.45, 7) is 0. The first-order valence-corrected chi connectivity index (χ1v) is 7.77. The number of carbonyl (C=O) groups excluding carboxylic acids is 2. The number of nitrogens with zero attached hydrogens (tertiary/aromatic N) is 1. The first kappa shape index (κ1) is 17.4. The average Bonchev–Trinajstić information content (AvgIpc) is 2.78. The zero-order chi connectivity index (χ0) is 17.0. The molecule has 120 valence electrons. The Hall–Kier alpha value is -1.99. The molecule has 1 aliphatic rings. The van der Waals surface area contributed by atoms with E-state index in [9.17, 15) is 9.59 Å².